The summed E-state index contributed by atoms with van der Waals surface area (Å²) in [5, 5.41) is 1.69. The van der Waals surface area contributed by atoms with Crippen LogP contribution >= 0.6 is 11.6 Å². The number of benzene rings is 2. The smallest absolute Gasteiger partial charge is 0.246 e. The van der Waals surface area contributed by atoms with Crippen LogP contribution in [-0.2, 0) is 16.0 Å². The maximum absolute atomic E-state index is 13.4. The standard InChI is InChI=1S/C23H22ClN3O2/c1-13(2)26-12-20(28)27-19(23(26)29)11-16-14-7-4-6-10-18(14)25-21(16)22(27)15-8-3-5-9-17(15)24/h3-10,13,19,22,25H,11-12H2,1-2H3/t19-,22+/m1/s1. The van der Waals surface area contributed by atoms with Gasteiger partial charge in [-0.15, -0.1) is 0 Å². The Hall–Kier alpha value is -2.79. The summed E-state index contributed by atoms with van der Waals surface area (Å²) < 4.78 is 0. The van der Waals surface area contributed by atoms with Crippen LogP contribution in [0.15, 0.2) is 48.5 Å². The van der Waals surface area contributed by atoms with Gasteiger partial charge in [0.1, 0.15) is 12.6 Å². The molecule has 2 aromatic carbocycles. The van der Waals surface area contributed by atoms with E-state index < -0.39 is 12.1 Å². The second kappa shape index (κ2) is 6.63. The van der Waals surface area contributed by atoms with Gasteiger partial charge in [-0.25, -0.2) is 0 Å². The number of aromatic amines is 1. The lowest BCUT2D eigenvalue weighted by Crippen LogP contribution is -2.64. The number of carbonyl (C=O) groups is 2. The van der Waals surface area contributed by atoms with Crippen molar-refractivity contribution in [3.63, 3.8) is 0 Å². The molecule has 0 unspecified atom stereocenters. The van der Waals surface area contributed by atoms with Gasteiger partial charge in [-0.1, -0.05) is 48.0 Å². The highest BCUT2D eigenvalue weighted by Gasteiger charge is 2.48. The zero-order valence-electron chi connectivity index (χ0n) is 16.4. The van der Waals surface area contributed by atoms with Crippen molar-refractivity contribution >= 4 is 34.3 Å². The second-order valence-corrected chi connectivity index (χ2v) is 8.47. The molecule has 2 amide bonds. The number of H-pyrrole nitrogens is 1. The summed E-state index contributed by atoms with van der Waals surface area (Å²) in [5.41, 5.74) is 3.90. The Morgan fingerprint density at radius 3 is 2.55 bits per heavy atom. The predicted molar refractivity (Wildman–Crippen MR) is 113 cm³/mol. The fourth-order valence-corrected chi connectivity index (χ4v) is 4.98. The van der Waals surface area contributed by atoms with Crippen LogP contribution in [0.2, 0.25) is 5.02 Å². The third-order valence-electron chi connectivity index (χ3n) is 6.12. The van der Waals surface area contributed by atoms with E-state index >= 15 is 0 Å². The average molecular weight is 408 g/mol. The number of nitrogens with one attached hydrogen (secondary N) is 1. The number of carbonyl (C=O) groups excluding carboxylic acids is 2. The number of amides is 2. The Bertz CT molecular complexity index is 1140. The number of para-hydroxylation sites is 1. The first-order valence-electron chi connectivity index (χ1n) is 9.93. The molecule has 5 rings (SSSR count). The lowest BCUT2D eigenvalue weighted by Gasteiger charge is -2.48. The highest BCUT2D eigenvalue weighted by molar-refractivity contribution is 6.31. The van der Waals surface area contributed by atoms with Crippen molar-refractivity contribution in [2.45, 2.75) is 38.4 Å². The van der Waals surface area contributed by atoms with E-state index in [4.69, 9.17) is 11.6 Å². The third-order valence-corrected chi connectivity index (χ3v) is 6.46. The Morgan fingerprint density at radius 1 is 1.07 bits per heavy atom. The molecule has 3 aromatic rings. The van der Waals surface area contributed by atoms with E-state index in [0.29, 0.717) is 11.4 Å². The molecule has 148 valence electrons. The van der Waals surface area contributed by atoms with Gasteiger partial charge in [-0.3, -0.25) is 9.59 Å². The predicted octanol–water partition coefficient (Wildman–Crippen LogP) is 3.91. The van der Waals surface area contributed by atoms with Crippen LogP contribution in [0.4, 0.5) is 0 Å². The maximum atomic E-state index is 13.4. The summed E-state index contributed by atoms with van der Waals surface area (Å²) in [6, 6.07) is 14.7. The molecule has 29 heavy (non-hydrogen) atoms. The first-order chi connectivity index (χ1) is 14.0. The molecule has 0 bridgehead atoms. The summed E-state index contributed by atoms with van der Waals surface area (Å²) >= 11 is 6.57. The minimum atomic E-state index is -0.522. The van der Waals surface area contributed by atoms with Crippen molar-refractivity contribution in [1.29, 1.82) is 0 Å². The Labute approximate surface area is 174 Å². The van der Waals surface area contributed by atoms with Gasteiger partial charge in [-0.2, -0.15) is 0 Å². The molecule has 0 aliphatic carbocycles. The normalized spacial score (nSPS) is 21.7. The van der Waals surface area contributed by atoms with E-state index in [-0.39, 0.29) is 24.4 Å². The molecule has 2 atom stereocenters. The van der Waals surface area contributed by atoms with E-state index in [0.717, 1.165) is 27.7 Å². The van der Waals surface area contributed by atoms with Gasteiger partial charge in [0.05, 0.1) is 6.04 Å². The highest BCUT2D eigenvalue weighted by atomic mass is 35.5. The van der Waals surface area contributed by atoms with Gasteiger partial charge in [0.15, 0.2) is 0 Å². The maximum Gasteiger partial charge on any atom is 0.246 e. The topological polar surface area (TPSA) is 56.4 Å². The Kier molecular flexibility index (Phi) is 4.17. The molecule has 1 saturated heterocycles. The van der Waals surface area contributed by atoms with Crippen LogP contribution in [0.25, 0.3) is 10.9 Å². The van der Waals surface area contributed by atoms with Gasteiger partial charge in [0.25, 0.3) is 0 Å². The van der Waals surface area contributed by atoms with E-state index in [1.165, 1.54) is 0 Å². The van der Waals surface area contributed by atoms with Crippen LogP contribution < -0.4 is 0 Å². The van der Waals surface area contributed by atoms with Gasteiger partial charge in [0.2, 0.25) is 11.8 Å². The van der Waals surface area contributed by atoms with Gasteiger partial charge >= 0.3 is 0 Å². The minimum absolute atomic E-state index is 0.00702. The Balaban J connectivity index is 1.75. The van der Waals surface area contributed by atoms with Crippen LogP contribution in [0, 0.1) is 0 Å². The van der Waals surface area contributed by atoms with Gasteiger partial charge < -0.3 is 14.8 Å². The lowest BCUT2D eigenvalue weighted by molar-refractivity contribution is -0.160. The monoisotopic (exact) mass is 407 g/mol. The molecule has 2 aliphatic heterocycles. The van der Waals surface area contributed by atoms with E-state index in [1.54, 1.807) is 9.80 Å². The molecule has 0 spiro atoms. The average Bonchev–Trinajstić information content (AvgIpc) is 3.08. The van der Waals surface area contributed by atoms with Crippen molar-refractivity contribution in [3.05, 3.63) is 70.4 Å². The molecule has 1 N–H and O–H groups in total. The Morgan fingerprint density at radius 2 is 1.79 bits per heavy atom. The van der Waals surface area contributed by atoms with E-state index in [1.807, 2.05) is 56.3 Å². The number of hydrogen-bond donors (Lipinski definition) is 1. The fraction of sp³-hybridized carbons (Fsp3) is 0.304. The van der Waals surface area contributed by atoms with Gasteiger partial charge in [-0.05, 0) is 37.1 Å². The van der Waals surface area contributed by atoms with Crippen molar-refractivity contribution in [3.8, 4) is 0 Å². The number of halogens is 1. The highest BCUT2D eigenvalue weighted by Crippen LogP contribution is 2.44. The number of fused-ring (bicyclic) bond motifs is 4. The van der Waals surface area contributed by atoms with Crippen molar-refractivity contribution < 1.29 is 9.59 Å². The number of aromatic nitrogens is 1. The summed E-state index contributed by atoms with van der Waals surface area (Å²) in [6.45, 7) is 4.00. The first-order valence-corrected chi connectivity index (χ1v) is 10.3. The summed E-state index contributed by atoms with van der Waals surface area (Å²) in [7, 11) is 0. The number of hydrogen-bond acceptors (Lipinski definition) is 2. The number of rotatable bonds is 2. The van der Waals surface area contributed by atoms with Crippen LogP contribution in [-0.4, -0.2) is 45.2 Å². The summed E-state index contributed by atoms with van der Waals surface area (Å²) in [6.07, 6.45) is 0.508. The zero-order valence-corrected chi connectivity index (χ0v) is 17.1. The molecule has 2 aliphatic rings. The lowest BCUT2D eigenvalue weighted by atomic mass is 9.86. The second-order valence-electron chi connectivity index (χ2n) is 8.07. The summed E-state index contributed by atoms with van der Waals surface area (Å²) in [5.74, 6) is -0.0369. The quantitative estimate of drug-likeness (QED) is 0.700. The van der Waals surface area contributed by atoms with Gasteiger partial charge in [0, 0.05) is 34.1 Å². The molecule has 5 nitrogen and oxygen atoms in total. The minimum Gasteiger partial charge on any atom is -0.356 e. The van der Waals surface area contributed by atoms with Crippen molar-refractivity contribution in [2.24, 2.45) is 0 Å². The van der Waals surface area contributed by atoms with Crippen molar-refractivity contribution in [1.82, 2.24) is 14.8 Å². The van der Waals surface area contributed by atoms with E-state index in [2.05, 4.69) is 11.1 Å². The third kappa shape index (κ3) is 2.68. The van der Waals surface area contributed by atoms with Crippen molar-refractivity contribution in [2.75, 3.05) is 6.54 Å². The zero-order chi connectivity index (χ0) is 20.3. The number of piperazine rings is 1. The van der Waals surface area contributed by atoms with Crippen LogP contribution in [0.3, 0.4) is 0 Å². The molecule has 1 aromatic heterocycles. The summed E-state index contributed by atoms with van der Waals surface area (Å²) in [4.78, 5) is 33.6. The van der Waals surface area contributed by atoms with E-state index in [9.17, 15) is 9.59 Å². The molecule has 1 fully saturated rings. The molecular weight excluding hydrogens is 386 g/mol. The van der Waals surface area contributed by atoms with Crippen LogP contribution in [0.5, 0.6) is 0 Å². The SMILES string of the molecule is CC(C)N1CC(=O)N2[C@@H](c3ccccc3Cl)c3[nH]c4ccccc4c3C[C@@H]2C1=O. The number of nitrogens with zero attached hydrogens (tertiary/aromatic N) is 2. The molecular formula is C23H22ClN3O2. The first kappa shape index (κ1) is 18.3. The molecule has 0 saturated carbocycles. The van der Waals surface area contributed by atoms with Crippen LogP contribution in [0.1, 0.15) is 36.7 Å². The molecule has 0 radical (unpaired) electrons. The fourth-order valence-electron chi connectivity index (χ4n) is 4.74. The molecule has 6 heteroatoms. The molecule has 3 heterocycles. The largest absolute Gasteiger partial charge is 0.356 e.